The van der Waals surface area contributed by atoms with Crippen LogP contribution in [0.25, 0.3) is 0 Å². The summed E-state index contributed by atoms with van der Waals surface area (Å²) in [5.41, 5.74) is 2.07. The highest BCUT2D eigenvalue weighted by atomic mass is 16.5. The quantitative estimate of drug-likeness (QED) is 0.839. The minimum atomic E-state index is -0.538. The van der Waals surface area contributed by atoms with Crippen LogP contribution in [0.3, 0.4) is 0 Å². The van der Waals surface area contributed by atoms with Gasteiger partial charge < -0.3 is 14.9 Å². The molecule has 1 saturated heterocycles. The summed E-state index contributed by atoms with van der Waals surface area (Å²) in [4.78, 5) is 2.31. The summed E-state index contributed by atoms with van der Waals surface area (Å²) in [5.74, 6) is 0. The van der Waals surface area contributed by atoms with Crippen molar-refractivity contribution < 1.29 is 14.9 Å². The molecule has 0 bridgehead atoms. The molecule has 136 valence electrons. The van der Waals surface area contributed by atoms with Crippen LogP contribution in [0.15, 0.2) is 24.3 Å². The lowest BCUT2D eigenvalue weighted by Crippen LogP contribution is -2.63. The summed E-state index contributed by atoms with van der Waals surface area (Å²) in [6.07, 6.45) is 0.645. The van der Waals surface area contributed by atoms with E-state index in [0.29, 0.717) is 19.8 Å². The number of aliphatic hydroxyl groups excluding tert-OH is 2. The Labute approximate surface area is 146 Å². The molecule has 0 aliphatic carbocycles. The van der Waals surface area contributed by atoms with Gasteiger partial charge in [-0.25, -0.2) is 0 Å². The van der Waals surface area contributed by atoms with Crippen LogP contribution >= 0.6 is 0 Å². The van der Waals surface area contributed by atoms with E-state index in [-0.39, 0.29) is 17.2 Å². The molecule has 0 aromatic heterocycles. The Kier molecular flexibility index (Phi) is 6.08. The van der Waals surface area contributed by atoms with E-state index in [1.165, 1.54) is 5.56 Å². The van der Waals surface area contributed by atoms with E-state index >= 15 is 0 Å². The molecule has 1 aliphatic heterocycles. The van der Waals surface area contributed by atoms with Gasteiger partial charge in [0.2, 0.25) is 0 Å². The molecule has 1 atom stereocenters. The zero-order chi connectivity index (χ0) is 18.0. The summed E-state index contributed by atoms with van der Waals surface area (Å²) in [6.45, 7) is 12.0. The topological polar surface area (TPSA) is 52.9 Å². The van der Waals surface area contributed by atoms with E-state index < -0.39 is 6.10 Å². The van der Waals surface area contributed by atoms with Gasteiger partial charge in [0.25, 0.3) is 0 Å². The third-order valence-corrected chi connectivity index (χ3v) is 5.02. The lowest BCUT2D eigenvalue weighted by Gasteiger charge is -2.55. The molecule has 0 radical (unpaired) electrons. The minimum absolute atomic E-state index is 0.140. The van der Waals surface area contributed by atoms with Crippen molar-refractivity contribution >= 4 is 0 Å². The third kappa shape index (κ3) is 5.03. The number of nitrogens with zero attached hydrogens (tertiary/aromatic N) is 1. The van der Waals surface area contributed by atoms with Gasteiger partial charge in [-0.3, -0.25) is 4.90 Å². The summed E-state index contributed by atoms with van der Waals surface area (Å²) in [6, 6.07) is 8.25. The van der Waals surface area contributed by atoms with Crippen molar-refractivity contribution in [1.82, 2.24) is 4.90 Å². The first kappa shape index (κ1) is 19.4. The molecule has 0 saturated carbocycles. The third-order valence-electron chi connectivity index (χ3n) is 5.02. The largest absolute Gasteiger partial charge is 0.393 e. The van der Waals surface area contributed by atoms with Crippen molar-refractivity contribution in [2.45, 2.75) is 77.4 Å². The highest BCUT2D eigenvalue weighted by Gasteiger charge is 2.45. The van der Waals surface area contributed by atoms with Crippen LogP contribution in [0.2, 0.25) is 0 Å². The smallest absolute Gasteiger partial charge is 0.0900 e. The molecule has 2 rings (SSSR count). The average Bonchev–Trinajstić information content (AvgIpc) is 2.44. The first-order valence-corrected chi connectivity index (χ1v) is 8.87. The number of hydrogen-bond donors (Lipinski definition) is 2. The summed E-state index contributed by atoms with van der Waals surface area (Å²) in [7, 11) is 0. The first-order valence-electron chi connectivity index (χ1n) is 8.87. The molecule has 1 aliphatic rings. The Morgan fingerprint density at radius 2 is 1.67 bits per heavy atom. The van der Waals surface area contributed by atoms with Gasteiger partial charge in [-0.2, -0.15) is 0 Å². The minimum Gasteiger partial charge on any atom is -0.393 e. The molecule has 1 heterocycles. The van der Waals surface area contributed by atoms with Gasteiger partial charge in [-0.1, -0.05) is 29.8 Å². The molecule has 24 heavy (non-hydrogen) atoms. The molecular weight excluding hydrogens is 302 g/mol. The van der Waals surface area contributed by atoms with Gasteiger partial charge >= 0.3 is 0 Å². The maximum Gasteiger partial charge on any atom is 0.0900 e. The van der Waals surface area contributed by atoms with E-state index in [4.69, 9.17) is 4.74 Å². The van der Waals surface area contributed by atoms with Crippen LogP contribution in [0.4, 0.5) is 0 Å². The Hall–Kier alpha value is -0.940. The number of benzene rings is 1. The zero-order valence-corrected chi connectivity index (χ0v) is 15.7. The first-order chi connectivity index (χ1) is 11.1. The van der Waals surface area contributed by atoms with Gasteiger partial charge in [0.1, 0.15) is 0 Å². The fourth-order valence-electron chi connectivity index (χ4n) is 4.02. The lowest BCUT2D eigenvalue weighted by molar-refractivity contribution is -0.105. The predicted octanol–water partition coefficient (Wildman–Crippen LogP) is 2.89. The number of piperidine rings is 1. The average molecular weight is 335 g/mol. The summed E-state index contributed by atoms with van der Waals surface area (Å²) < 4.78 is 5.69. The van der Waals surface area contributed by atoms with Crippen LogP contribution in [0, 0.1) is 6.92 Å². The molecule has 1 aromatic rings. The SMILES string of the molecule is Cc1ccc(COCC(O)CN2C(C)(C)CC(O)CC2(C)C)cc1. The van der Waals surface area contributed by atoms with E-state index in [2.05, 4.69) is 63.8 Å². The van der Waals surface area contributed by atoms with Crippen molar-refractivity contribution in [2.75, 3.05) is 13.2 Å². The monoisotopic (exact) mass is 335 g/mol. The normalized spacial score (nSPS) is 22.5. The van der Waals surface area contributed by atoms with E-state index in [1.807, 2.05) is 0 Å². The van der Waals surface area contributed by atoms with Crippen LogP contribution < -0.4 is 0 Å². The number of β-amino-alcohol motifs (C(OH)–C–C–N with tert-alkyl or cyclic N) is 1. The van der Waals surface area contributed by atoms with Crippen molar-refractivity contribution in [3.05, 3.63) is 35.4 Å². The standard InChI is InChI=1S/C20H33NO3/c1-15-6-8-16(9-7-15)13-24-14-18(23)12-21-19(2,3)10-17(22)11-20(21,4)5/h6-9,17-18,22-23H,10-14H2,1-5H3. The van der Waals surface area contributed by atoms with E-state index in [0.717, 1.165) is 18.4 Å². The number of rotatable bonds is 6. The van der Waals surface area contributed by atoms with Gasteiger partial charge in [-0.05, 0) is 53.0 Å². The maximum absolute atomic E-state index is 10.4. The van der Waals surface area contributed by atoms with Crippen molar-refractivity contribution in [2.24, 2.45) is 0 Å². The Bertz CT molecular complexity index is 506. The van der Waals surface area contributed by atoms with Crippen LogP contribution in [-0.2, 0) is 11.3 Å². The van der Waals surface area contributed by atoms with Gasteiger partial charge in [-0.15, -0.1) is 0 Å². The second-order valence-electron chi connectivity index (χ2n) is 8.45. The Morgan fingerprint density at radius 3 is 2.21 bits per heavy atom. The second-order valence-corrected chi connectivity index (χ2v) is 8.45. The Morgan fingerprint density at radius 1 is 1.12 bits per heavy atom. The summed E-state index contributed by atoms with van der Waals surface area (Å²) in [5, 5.41) is 20.5. The number of likely N-dealkylation sites (tertiary alicyclic amines) is 1. The molecule has 1 unspecified atom stereocenters. The van der Waals surface area contributed by atoms with Crippen LogP contribution in [0.5, 0.6) is 0 Å². The second kappa shape index (κ2) is 7.52. The van der Waals surface area contributed by atoms with Gasteiger partial charge in [0.15, 0.2) is 0 Å². The lowest BCUT2D eigenvalue weighted by atomic mass is 9.78. The van der Waals surface area contributed by atoms with Crippen molar-refractivity contribution in [3.8, 4) is 0 Å². The fourth-order valence-corrected chi connectivity index (χ4v) is 4.02. The Balaban J connectivity index is 1.86. The molecular formula is C20H33NO3. The molecule has 0 spiro atoms. The number of aliphatic hydroxyl groups is 2. The van der Waals surface area contributed by atoms with Crippen LogP contribution in [0.1, 0.15) is 51.7 Å². The number of ether oxygens (including phenoxy) is 1. The molecule has 2 N–H and O–H groups in total. The van der Waals surface area contributed by atoms with Crippen LogP contribution in [-0.4, -0.2) is 51.6 Å². The predicted molar refractivity (Wildman–Crippen MR) is 96.9 cm³/mol. The molecule has 1 aromatic carbocycles. The van der Waals surface area contributed by atoms with Gasteiger partial charge in [0, 0.05) is 17.6 Å². The van der Waals surface area contributed by atoms with E-state index in [9.17, 15) is 10.2 Å². The number of hydrogen-bond acceptors (Lipinski definition) is 4. The number of aryl methyl sites for hydroxylation is 1. The highest BCUT2D eigenvalue weighted by Crippen LogP contribution is 2.38. The van der Waals surface area contributed by atoms with Crippen molar-refractivity contribution in [3.63, 3.8) is 0 Å². The molecule has 4 nitrogen and oxygen atoms in total. The van der Waals surface area contributed by atoms with Gasteiger partial charge in [0.05, 0.1) is 25.4 Å². The molecule has 4 heteroatoms. The van der Waals surface area contributed by atoms with Crippen molar-refractivity contribution in [1.29, 1.82) is 0 Å². The highest BCUT2D eigenvalue weighted by molar-refractivity contribution is 5.20. The zero-order valence-electron chi connectivity index (χ0n) is 15.7. The molecule has 0 amide bonds. The van der Waals surface area contributed by atoms with E-state index in [1.54, 1.807) is 0 Å². The molecule has 1 fully saturated rings. The maximum atomic E-state index is 10.4. The summed E-state index contributed by atoms with van der Waals surface area (Å²) >= 11 is 0. The fraction of sp³-hybridized carbons (Fsp3) is 0.700.